The van der Waals surface area contributed by atoms with Crippen molar-refractivity contribution in [1.29, 1.82) is 0 Å². The molecule has 0 saturated heterocycles. The molecule has 0 aliphatic heterocycles. The zero-order chi connectivity index (χ0) is 7.44. The molecule has 0 radical (unpaired) electrons. The van der Waals surface area contributed by atoms with Gasteiger partial charge in [0.2, 0.25) is 5.91 Å². The Morgan fingerprint density at radius 2 is 2.00 bits per heavy atom. The first-order valence-corrected chi connectivity index (χ1v) is 3.06. The lowest BCUT2D eigenvalue weighted by Crippen LogP contribution is -2.42. The van der Waals surface area contributed by atoms with Gasteiger partial charge in [-0.15, -0.1) is 0 Å². The molecule has 0 aromatic rings. The Bertz CT molecular complexity index is 101. The lowest BCUT2D eigenvalue weighted by Gasteiger charge is -2.14. The van der Waals surface area contributed by atoms with Gasteiger partial charge in [0.05, 0.1) is 6.04 Å². The predicted molar refractivity (Wildman–Crippen MR) is 36.9 cm³/mol. The molecule has 1 atom stereocenters. The van der Waals surface area contributed by atoms with Gasteiger partial charge in [-0.1, -0.05) is 13.8 Å². The standard InChI is InChI=1S/C6H14N2O/c1-4(2)5(8-3)6(7)9/h4-5,8H,1-3H3,(H2,7,9)/t5-/m0/s1. The first-order chi connectivity index (χ1) is 4.09. The molecule has 0 aliphatic carbocycles. The van der Waals surface area contributed by atoms with Crippen LogP contribution in [0.3, 0.4) is 0 Å². The van der Waals surface area contributed by atoms with Crippen LogP contribution in [0.15, 0.2) is 0 Å². The van der Waals surface area contributed by atoms with E-state index in [1.54, 1.807) is 7.05 Å². The molecule has 0 aromatic heterocycles. The van der Waals surface area contributed by atoms with Gasteiger partial charge in [-0.3, -0.25) is 4.79 Å². The second-order valence-corrected chi connectivity index (χ2v) is 2.41. The summed E-state index contributed by atoms with van der Waals surface area (Å²) in [5.74, 6) is -0.0139. The summed E-state index contributed by atoms with van der Waals surface area (Å²) in [4.78, 5) is 10.5. The van der Waals surface area contributed by atoms with Crippen LogP contribution in [-0.4, -0.2) is 19.0 Å². The van der Waals surface area contributed by atoms with E-state index in [0.29, 0.717) is 0 Å². The SMILES string of the molecule is CN[C@H](C(N)=O)C(C)C. The minimum absolute atomic E-state index is 0.190. The number of hydrogen-bond acceptors (Lipinski definition) is 2. The molecular formula is C6H14N2O. The van der Waals surface area contributed by atoms with Gasteiger partial charge in [-0.2, -0.15) is 0 Å². The Kier molecular flexibility index (Phi) is 3.24. The molecule has 54 valence electrons. The van der Waals surface area contributed by atoms with Gasteiger partial charge in [-0.25, -0.2) is 0 Å². The molecule has 1 amide bonds. The van der Waals surface area contributed by atoms with E-state index in [9.17, 15) is 4.79 Å². The molecule has 9 heavy (non-hydrogen) atoms. The van der Waals surface area contributed by atoms with Crippen LogP contribution < -0.4 is 11.1 Å². The Labute approximate surface area is 55.6 Å². The van der Waals surface area contributed by atoms with Crippen molar-refractivity contribution >= 4 is 5.91 Å². The zero-order valence-corrected chi connectivity index (χ0v) is 6.14. The van der Waals surface area contributed by atoms with Crippen molar-refractivity contribution in [3.05, 3.63) is 0 Å². The van der Waals surface area contributed by atoms with Crippen LogP contribution in [0.4, 0.5) is 0 Å². The molecular weight excluding hydrogens is 116 g/mol. The van der Waals surface area contributed by atoms with Crippen molar-refractivity contribution in [3.63, 3.8) is 0 Å². The number of hydrogen-bond donors (Lipinski definition) is 2. The second kappa shape index (κ2) is 3.45. The summed E-state index contributed by atoms with van der Waals surface area (Å²) in [6, 6.07) is -0.190. The Hall–Kier alpha value is -0.570. The van der Waals surface area contributed by atoms with Crippen LogP contribution >= 0.6 is 0 Å². The number of nitrogens with one attached hydrogen (secondary N) is 1. The molecule has 3 N–H and O–H groups in total. The first kappa shape index (κ1) is 8.43. The van der Waals surface area contributed by atoms with Gasteiger partial charge in [0.1, 0.15) is 0 Å². The molecule has 0 unspecified atom stereocenters. The fraction of sp³-hybridized carbons (Fsp3) is 0.833. The van der Waals surface area contributed by atoms with Crippen LogP contribution in [0.5, 0.6) is 0 Å². The summed E-state index contributed by atoms with van der Waals surface area (Å²) in [7, 11) is 1.73. The lowest BCUT2D eigenvalue weighted by molar-refractivity contribution is -0.120. The molecule has 0 rings (SSSR count). The molecule has 3 heteroatoms. The smallest absolute Gasteiger partial charge is 0.234 e. The maximum Gasteiger partial charge on any atom is 0.234 e. The van der Waals surface area contributed by atoms with E-state index >= 15 is 0 Å². The van der Waals surface area contributed by atoms with Gasteiger partial charge in [-0.05, 0) is 13.0 Å². The van der Waals surface area contributed by atoms with Crippen molar-refractivity contribution in [2.75, 3.05) is 7.05 Å². The number of primary amides is 1. The summed E-state index contributed by atoms with van der Waals surface area (Å²) in [5.41, 5.74) is 5.05. The highest BCUT2D eigenvalue weighted by molar-refractivity contribution is 5.80. The Balaban J connectivity index is 3.83. The average molecular weight is 130 g/mol. The van der Waals surface area contributed by atoms with Crippen LogP contribution in [0, 0.1) is 5.92 Å². The molecule has 0 saturated carbocycles. The van der Waals surface area contributed by atoms with Crippen LogP contribution in [0.2, 0.25) is 0 Å². The van der Waals surface area contributed by atoms with E-state index in [2.05, 4.69) is 5.32 Å². The Morgan fingerprint density at radius 1 is 1.56 bits per heavy atom. The van der Waals surface area contributed by atoms with E-state index < -0.39 is 0 Å². The summed E-state index contributed by atoms with van der Waals surface area (Å²) in [6.07, 6.45) is 0. The molecule has 0 spiro atoms. The first-order valence-electron chi connectivity index (χ1n) is 3.06. The highest BCUT2D eigenvalue weighted by atomic mass is 16.1. The van der Waals surface area contributed by atoms with Gasteiger partial charge in [0.25, 0.3) is 0 Å². The normalized spacial score (nSPS) is 13.8. The number of nitrogens with two attached hydrogens (primary N) is 1. The molecule has 0 aliphatic rings. The molecule has 3 nitrogen and oxygen atoms in total. The van der Waals surface area contributed by atoms with Crippen LogP contribution in [-0.2, 0) is 4.79 Å². The van der Waals surface area contributed by atoms with Crippen molar-refractivity contribution < 1.29 is 4.79 Å². The van der Waals surface area contributed by atoms with E-state index in [4.69, 9.17) is 5.73 Å². The predicted octanol–water partition coefficient (Wildman–Crippen LogP) is -0.284. The summed E-state index contributed by atoms with van der Waals surface area (Å²) >= 11 is 0. The van der Waals surface area contributed by atoms with Crippen LogP contribution in [0.1, 0.15) is 13.8 Å². The molecule has 0 fully saturated rings. The maximum atomic E-state index is 10.5. The quantitative estimate of drug-likeness (QED) is 0.552. The van der Waals surface area contributed by atoms with Crippen molar-refractivity contribution in [1.82, 2.24) is 5.32 Å². The second-order valence-electron chi connectivity index (χ2n) is 2.41. The minimum atomic E-state index is -0.285. The third kappa shape index (κ3) is 2.46. The number of carbonyl (C=O) groups excluding carboxylic acids is 1. The number of rotatable bonds is 3. The number of likely N-dealkylation sites (N-methyl/N-ethyl adjacent to an activating group) is 1. The molecule has 0 aromatic carbocycles. The topological polar surface area (TPSA) is 55.1 Å². The van der Waals surface area contributed by atoms with E-state index in [-0.39, 0.29) is 17.9 Å². The summed E-state index contributed by atoms with van der Waals surface area (Å²) in [6.45, 7) is 3.90. The number of carbonyl (C=O) groups is 1. The molecule has 0 bridgehead atoms. The minimum Gasteiger partial charge on any atom is -0.368 e. The van der Waals surface area contributed by atoms with Gasteiger partial charge >= 0.3 is 0 Å². The Morgan fingerprint density at radius 3 is 2.00 bits per heavy atom. The average Bonchev–Trinajstić information content (AvgIpc) is 1.64. The zero-order valence-electron chi connectivity index (χ0n) is 6.14. The fourth-order valence-electron chi connectivity index (χ4n) is 0.804. The number of amides is 1. The third-order valence-electron chi connectivity index (χ3n) is 1.28. The monoisotopic (exact) mass is 130 g/mol. The summed E-state index contributed by atoms with van der Waals surface area (Å²) < 4.78 is 0. The van der Waals surface area contributed by atoms with E-state index in [1.165, 1.54) is 0 Å². The van der Waals surface area contributed by atoms with Crippen molar-refractivity contribution in [3.8, 4) is 0 Å². The highest BCUT2D eigenvalue weighted by Gasteiger charge is 2.15. The largest absolute Gasteiger partial charge is 0.368 e. The summed E-state index contributed by atoms with van der Waals surface area (Å²) in [5, 5.41) is 2.83. The fourth-order valence-corrected chi connectivity index (χ4v) is 0.804. The molecule has 0 heterocycles. The third-order valence-corrected chi connectivity index (χ3v) is 1.28. The highest BCUT2D eigenvalue weighted by Crippen LogP contribution is 1.98. The van der Waals surface area contributed by atoms with E-state index in [1.807, 2.05) is 13.8 Å². The van der Waals surface area contributed by atoms with Gasteiger partial charge in [0.15, 0.2) is 0 Å². The van der Waals surface area contributed by atoms with E-state index in [0.717, 1.165) is 0 Å². The van der Waals surface area contributed by atoms with Crippen molar-refractivity contribution in [2.24, 2.45) is 11.7 Å². The lowest BCUT2D eigenvalue weighted by atomic mass is 10.0. The maximum absolute atomic E-state index is 10.5. The van der Waals surface area contributed by atoms with Gasteiger partial charge < -0.3 is 11.1 Å². The van der Waals surface area contributed by atoms with Gasteiger partial charge in [0, 0.05) is 0 Å². The van der Waals surface area contributed by atoms with Crippen LogP contribution in [0.25, 0.3) is 0 Å². The van der Waals surface area contributed by atoms with Crippen molar-refractivity contribution in [2.45, 2.75) is 19.9 Å².